The minimum absolute atomic E-state index is 0. The standard InChI is InChI=1S/C8H9ClO2.2ClH/c1-10-7-5-3-4-6(9)8(7)11-2;;/h3-5H,1-2H3;2*1H. The van der Waals surface area contributed by atoms with Crippen molar-refractivity contribution in [3.63, 3.8) is 0 Å². The highest BCUT2D eigenvalue weighted by Crippen LogP contribution is 2.33. The first-order chi connectivity index (χ1) is 5.29. The molecule has 5 heteroatoms. The number of ether oxygens (including phenoxy) is 2. The van der Waals surface area contributed by atoms with Gasteiger partial charge >= 0.3 is 0 Å². The van der Waals surface area contributed by atoms with Gasteiger partial charge in [0.25, 0.3) is 0 Å². The van der Waals surface area contributed by atoms with Crippen LogP contribution in [-0.2, 0) is 0 Å². The van der Waals surface area contributed by atoms with E-state index in [-0.39, 0.29) is 24.8 Å². The highest BCUT2D eigenvalue weighted by Gasteiger charge is 2.05. The molecule has 1 rings (SSSR count). The normalized spacial score (nSPS) is 7.92. The van der Waals surface area contributed by atoms with Gasteiger partial charge in [-0.3, -0.25) is 0 Å². The monoisotopic (exact) mass is 244 g/mol. The van der Waals surface area contributed by atoms with Crippen molar-refractivity contribution in [3.8, 4) is 11.5 Å². The van der Waals surface area contributed by atoms with Gasteiger partial charge in [-0.15, -0.1) is 24.8 Å². The summed E-state index contributed by atoms with van der Waals surface area (Å²) in [5, 5.41) is 0.562. The number of rotatable bonds is 2. The minimum Gasteiger partial charge on any atom is -0.493 e. The molecule has 0 spiro atoms. The summed E-state index contributed by atoms with van der Waals surface area (Å²) in [6, 6.07) is 5.36. The largest absolute Gasteiger partial charge is 0.493 e. The van der Waals surface area contributed by atoms with Gasteiger partial charge < -0.3 is 9.47 Å². The minimum atomic E-state index is 0. The van der Waals surface area contributed by atoms with Crippen LogP contribution in [0, 0.1) is 0 Å². The van der Waals surface area contributed by atoms with Crippen LogP contribution >= 0.6 is 36.4 Å². The third kappa shape index (κ3) is 3.51. The first kappa shape index (κ1) is 15.2. The molecule has 0 atom stereocenters. The molecule has 0 radical (unpaired) electrons. The number of hydrogen-bond donors (Lipinski definition) is 0. The molecule has 0 amide bonds. The van der Waals surface area contributed by atoms with Crippen LogP contribution in [0.1, 0.15) is 0 Å². The van der Waals surface area contributed by atoms with Gasteiger partial charge in [-0.2, -0.15) is 0 Å². The molecule has 0 aliphatic rings. The zero-order valence-corrected chi connectivity index (χ0v) is 9.63. The van der Waals surface area contributed by atoms with Crippen molar-refractivity contribution in [3.05, 3.63) is 23.2 Å². The van der Waals surface area contributed by atoms with Crippen LogP contribution in [0.4, 0.5) is 0 Å². The number of methoxy groups -OCH3 is 2. The van der Waals surface area contributed by atoms with Crippen LogP contribution in [-0.4, -0.2) is 14.2 Å². The molecule has 0 bridgehead atoms. The molecule has 0 aromatic heterocycles. The molecule has 2 nitrogen and oxygen atoms in total. The maximum absolute atomic E-state index is 5.80. The van der Waals surface area contributed by atoms with Gasteiger partial charge in [-0.25, -0.2) is 0 Å². The molecule has 0 heterocycles. The predicted octanol–water partition coefficient (Wildman–Crippen LogP) is 3.20. The Kier molecular flexibility index (Phi) is 8.32. The molecule has 0 saturated heterocycles. The molecular weight excluding hydrogens is 234 g/mol. The molecule has 0 aliphatic heterocycles. The summed E-state index contributed by atoms with van der Waals surface area (Å²) in [5.74, 6) is 1.23. The van der Waals surface area contributed by atoms with Gasteiger partial charge in [-0.1, -0.05) is 17.7 Å². The Hall–Kier alpha value is -0.310. The number of para-hydroxylation sites is 1. The van der Waals surface area contributed by atoms with Crippen LogP contribution in [0.15, 0.2) is 18.2 Å². The summed E-state index contributed by atoms with van der Waals surface area (Å²) >= 11 is 5.80. The Bertz CT molecular complexity index is 253. The fraction of sp³-hybridized carbons (Fsp3) is 0.250. The van der Waals surface area contributed by atoms with Crippen molar-refractivity contribution in [2.45, 2.75) is 0 Å². The van der Waals surface area contributed by atoms with E-state index in [1.165, 1.54) is 0 Å². The average molecular weight is 246 g/mol. The van der Waals surface area contributed by atoms with Crippen LogP contribution in [0.5, 0.6) is 11.5 Å². The summed E-state index contributed by atoms with van der Waals surface area (Å²) in [4.78, 5) is 0. The molecule has 0 saturated carbocycles. The van der Waals surface area contributed by atoms with Crippen molar-refractivity contribution in [1.29, 1.82) is 0 Å². The molecule has 0 unspecified atom stereocenters. The lowest BCUT2D eigenvalue weighted by molar-refractivity contribution is 0.355. The zero-order valence-electron chi connectivity index (χ0n) is 7.24. The van der Waals surface area contributed by atoms with E-state index in [1.807, 2.05) is 6.07 Å². The van der Waals surface area contributed by atoms with Crippen LogP contribution < -0.4 is 9.47 Å². The molecule has 1 aromatic rings. The Labute approximate surface area is 95.0 Å². The Morgan fingerprint density at radius 3 is 2.08 bits per heavy atom. The van der Waals surface area contributed by atoms with Gasteiger partial charge in [0.1, 0.15) is 0 Å². The third-order valence-electron chi connectivity index (χ3n) is 1.35. The Morgan fingerprint density at radius 2 is 1.69 bits per heavy atom. The second kappa shape index (κ2) is 7.13. The first-order valence-electron chi connectivity index (χ1n) is 3.16. The molecular formula is C8H11Cl3O2. The fourth-order valence-electron chi connectivity index (χ4n) is 0.848. The van der Waals surface area contributed by atoms with E-state index in [2.05, 4.69) is 0 Å². The topological polar surface area (TPSA) is 18.5 Å². The van der Waals surface area contributed by atoms with Crippen LogP contribution in [0.2, 0.25) is 5.02 Å². The first-order valence-corrected chi connectivity index (χ1v) is 3.54. The van der Waals surface area contributed by atoms with E-state index < -0.39 is 0 Å². The summed E-state index contributed by atoms with van der Waals surface area (Å²) in [5.41, 5.74) is 0. The van der Waals surface area contributed by atoms with Gasteiger partial charge in [0.2, 0.25) is 0 Å². The van der Waals surface area contributed by atoms with Crippen molar-refractivity contribution in [2.24, 2.45) is 0 Å². The smallest absolute Gasteiger partial charge is 0.179 e. The maximum Gasteiger partial charge on any atom is 0.179 e. The summed E-state index contributed by atoms with van der Waals surface area (Å²) < 4.78 is 10.0. The lowest BCUT2D eigenvalue weighted by Crippen LogP contribution is -1.89. The van der Waals surface area contributed by atoms with Crippen molar-refractivity contribution < 1.29 is 9.47 Å². The Morgan fingerprint density at radius 1 is 1.08 bits per heavy atom. The maximum atomic E-state index is 5.80. The second-order valence-electron chi connectivity index (χ2n) is 1.98. The van der Waals surface area contributed by atoms with Crippen LogP contribution in [0.3, 0.4) is 0 Å². The van der Waals surface area contributed by atoms with E-state index >= 15 is 0 Å². The van der Waals surface area contributed by atoms with Gasteiger partial charge in [0.05, 0.1) is 19.2 Å². The van der Waals surface area contributed by atoms with Gasteiger partial charge in [0, 0.05) is 0 Å². The molecule has 0 N–H and O–H groups in total. The number of hydrogen-bond acceptors (Lipinski definition) is 2. The second-order valence-corrected chi connectivity index (χ2v) is 2.38. The zero-order chi connectivity index (χ0) is 8.27. The average Bonchev–Trinajstić information content (AvgIpc) is 2.04. The highest BCUT2D eigenvalue weighted by molar-refractivity contribution is 6.32. The number of benzene rings is 1. The van der Waals surface area contributed by atoms with E-state index in [4.69, 9.17) is 21.1 Å². The SMILES string of the molecule is COc1cccc(Cl)c1OC.Cl.Cl. The lowest BCUT2D eigenvalue weighted by atomic mass is 10.3. The molecule has 13 heavy (non-hydrogen) atoms. The Balaban J connectivity index is 0. The summed E-state index contributed by atoms with van der Waals surface area (Å²) in [6.07, 6.45) is 0. The molecule has 0 fully saturated rings. The summed E-state index contributed by atoms with van der Waals surface area (Å²) in [7, 11) is 3.14. The fourth-order valence-corrected chi connectivity index (χ4v) is 1.09. The van der Waals surface area contributed by atoms with E-state index in [9.17, 15) is 0 Å². The van der Waals surface area contributed by atoms with Crippen molar-refractivity contribution in [1.82, 2.24) is 0 Å². The quantitative estimate of drug-likeness (QED) is 0.797. The third-order valence-corrected chi connectivity index (χ3v) is 1.65. The van der Waals surface area contributed by atoms with E-state index in [1.54, 1.807) is 26.4 Å². The summed E-state index contributed by atoms with van der Waals surface area (Å²) in [6.45, 7) is 0. The van der Waals surface area contributed by atoms with E-state index in [0.29, 0.717) is 16.5 Å². The molecule has 1 aromatic carbocycles. The predicted molar refractivity (Wildman–Crippen MR) is 59.1 cm³/mol. The van der Waals surface area contributed by atoms with Crippen LogP contribution in [0.25, 0.3) is 0 Å². The van der Waals surface area contributed by atoms with Crippen molar-refractivity contribution in [2.75, 3.05) is 14.2 Å². The lowest BCUT2D eigenvalue weighted by Gasteiger charge is -2.07. The molecule has 76 valence electrons. The molecule has 0 aliphatic carbocycles. The van der Waals surface area contributed by atoms with Gasteiger partial charge in [-0.05, 0) is 12.1 Å². The number of halogens is 3. The van der Waals surface area contributed by atoms with Gasteiger partial charge in [0.15, 0.2) is 11.5 Å². The van der Waals surface area contributed by atoms with E-state index in [0.717, 1.165) is 0 Å². The highest BCUT2D eigenvalue weighted by atomic mass is 35.5. The van der Waals surface area contributed by atoms with Crippen molar-refractivity contribution >= 4 is 36.4 Å².